The molecule has 0 bridgehead atoms. The van der Waals surface area contributed by atoms with Gasteiger partial charge < -0.3 is 14.2 Å². The SMILES string of the molecule is COc1cc(OC[C@@H]2Cn3ccc(=O)nc3O2)ccc1-c1cccc(C)c1C. The first kappa shape index (κ1) is 18.1. The molecule has 0 saturated heterocycles. The number of fused-ring (bicyclic) bond motifs is 1. The summed E-state index contributed by atoms with van der Waals surface area (Å²) < 4.78 is 19.0. The molecule has 0 unspecified atom stereocenters. The Kier molecular flexibility index (Phi) is 4.77. The van der Waals surface area contributed by atoms with Crippen molar-refractivity contribution in [3.05, 3.63) is 70.1 Å². The second-order valence-electron chi connectivity index (χ2n) is 6.86. The summed E-state index contributed by atoms with van der Waals surface area (Å²) in [5.41, 5.74) is 4.34. The van der Waals surface area contributed by atoms with Gasteiger partial charge in [-0.3, -0.25) is 9.36 Å². The maximum atomic E-state index is 11.3. The van der Waals surface area contributed by atoms with Crippen LogP contribution in [0, 0.1) is 13.8 Å². The third kappa shape index (κ3) is 3.45. The first-order valence-corrected chi connectivity index (χ1v) is 9.16. The normalized spacial score (nSPS) is 15.0. The minimum Gasteiger partial charge on any atom is -0.496 e. The number of hydrogen-bond acceptors (Lipinski definition) is 5. The molecular weight excluding hydrogens is 356 g/mol. The minimum atomic E-state index is -0.306. The van der Waals surface area contributed by atoms with Crippen molar-refractivity contribution >= 4 is 0 Å². The van der Waals surface area contributed by atoms with Gasteiger partial charge in [0, 0.05) is 23.9 Å². The maximum absolute atomic E-state index is 11.3. The molecule has 2 aromatic carbocycles. The molecule has 4 rings (SSSR count). The van der Waals surface area contributed by atoms with Crippen LogP contribution >= 0.6 is 0 Å². The number of aryl methyl sites for hydroxylation is 1. The fraction of sp³-hybridized carbons (Fsp3) is 0.273. The smallest absolute Gasteiger partial charge is 0.300 e. The lowest BCUT2D eigenvalue weighted by atomic mass is 9.96. The number of benzene rings is 2. The molecule has 0 amide bonds. The number of nitrogens with zero attached hydrogens (tertiary/aromatic N) is 2. The molecule has 1 aliphatic rings. The van der Waals surface area contributed by atoms with Crippen molar-refractivity contribution in [3.63, 3.8) is 0 Å². The zero-order valence-electron chi connectivity index (χ0n) is 16.1. The van der Waals surface area contributed by atoms with Crippen LogP contribution in [0.2, 0.25) is 0 Å². The van der Waals surface area contributed by atoms with Crippen molar-refractivity contribution in [2.75, 3.05) is 13.7 Å². The van der Waals surface area contributed by atoms with Crippen LogP contribution in [0.5, 0.6) is 17.5 Å². The van der Waals surface area contributed by atoms with Crippen LogP contribution in [0.3, 0.4) is 0 Å². The van der Waals surface area contributed by atoms with E-state index in [-0.39, 0.29) is 11.7 Å². The Hall–Kier alpha value is -3.28. The molecule has 2 heterocycles. The van der Waals surface area contributed by atoms with Crippen molar-refractivity contribution in [3.8, 4) is 28.6 Å². The van der Waals surface area contributed by atoms with Gasteiger partial charge in [0.25, 0.3) is 11.6 Å². The van der Waals surface area contributed by atoms with E-state index in [1.54, 1.807) is 17.9 Å². The highest BCUT2D eigenvalue weighted by Crippen LogP contribution is 2.36. The van der Waals surface area contributed by atoms with Gasteiger partial charge in [-0.1, -0.05) is 18.2 Å². The molecule has 6 nitrogen and oxygen atoms in total. The van der Waals surface area contributed by atoms with Gasteiger partial charge in [-0.25, -0.2) is 0 Å². The Bertz CT molecular complexity index is 1070. The van der Waals surface area contributed by atoms with Gasteiger partial charge >= 0.3 is 0 Å². The fourth-order valence-corrected chi connectivity index (χ4v) is 3.35. The zero-order valence-corrected chi connectivity index (χ0v) is 16.1. The zero-order chi connectivity index (χ0) is 19.7. The Morgan fingerprint density at radius 2 is 2.04 bits per heavy atom. The van der Waals surface area contributed by atoms with Crippen molar-refractivity contribution in [2.24, 2.45) is 0 Å². The highest BCUT2D eigenvalue weighted by atomic mass is 16.6. The highest BCUT2D eigenvalue weighted by Gasteiger charge is 2.24. The second-order valence-corrected chi connectivity index (χ2v) is 6.86. The molecule has 1 atom stereocenters. The molecule has 0 radical (unpaired) electrons. The average molecular weight is 378 g/mol. The van der Waals surface area contributed by atoms with Gasteiger partial charge in [-0.2, -0.15) is 4.98 Å². The van der Waals surface area contributed by atoms with Crippen LogP contribution < -0.4 is 19.8 Å². The van der Waals surface area contributed by atoms with Gasteiger partial charge in [-0.15, -0.1) is 0 Å². The molecule has 0 saturated carbocycles. The molecule has 1 aliphatic heterocycles. The van der Waals surface area contributed by atoms with E-state index in [9.17, 15) is 4.79 Å². The standard InChI is InChI=1S/C22H22N2O4/c1-14-5-4-6-18(15(14)2)19-8-7-16(11-20(19)26-3)27-13-17-12-24-10-9-21(25)23-22(24)28-17/h4-11,17H,12-13H2,1-3H3/t17-/m0/s1. The van der Waals surface area contributed by atoms with Crippen LogP contribution in [0.15, 0.2) is 53.5 Å². The third-order valence-corrected chi connectivity index (χ3v) is 5.02. The maximum Gasteiger partial charge on any atom is 0.300 e. The van der Waals surface area contributed by atoms with E-state index < -0.39 is 0 Å². The van der Waals surface area contributed by atoms with E-state index in [0.717, 1.165) is 16.9 Å². The number of methoxy groups -OCH3 is 1. The van der Waals surface area contributed by atoms with Crippen molar-refractivity contribution < 1.29 is 14.2 Å². The molecule has 144 valence electrons. The Morgan fingerprint density at radius 3 is 2.86 bits per heavy atom. The Morgan fingerprint density at radius 1 is 1.18 bits per heavy atom. The lowest BCUT2D eigenvalue weighted by Gasteiger charge is -2.16. The van der Waals surface area contributed by atoms with Crippen LogP contribution in [0.1, 0.15) is 11.1 Å². The van der Waals surface area contributed by atoms with Gasteiger partial charge in [0.05, 0.1) is 13.7 Å². The molecular formula is C22H22N2O4. The number of hydrogen-bond donors (Lipinski definition) is 0. The van der Waals surface area contributed by atoms with E-state index in [1.807, 2.05) is 18.2 Å². The summed E-state index contributed by atoms with van der Waals surface area (Å²) in [6, 6.07) is 13.8. The summed E-state index contributed by atoms with van der Waals surface area (Å²) >= 11 is 0. The van der Waals surface area contributed by atoms with Crippen LogP contribution in [-0.4, -0.2) is 29.4 Å². The molecule has 0 aliphatic carbocycles. The molecule has 1 aromatic heterocycles. The predicted octanol–water partition coefficient (Wildman–Crippen LogP) is 3.38. The van der Waals surface area contributed by atoms with E-state index in [2.05, 4.69) is 37.0 Å². The number of ether oxygens (including phenoxy) is 3. The van der Waals surface area contributed by atoms with Gasteiger partial charge in [0.1, 0.15) is 18.1 Å². The van der Waals surface area contributed by atoms with Crippen molar-refractivity contribution in [1.29, 1.82) is 0 Å². The van der Waals surface area contributed by atoms with E-state index in [0.29, 0.717) is 24.9 Å². The first-order chi connectivity index (χ1) is 13.5. The molecule has 28 heavy (non-hydrogen) atoms. The lowest BCUT2D eigenvalue weighted by Crippen LogP contribution is -2.23. The Balaban J connectivity index is 1.49. The largest absolute Gasteiger partial charge is 0.496 e. The second kappa shape index (κ2) is 7.38. The summed E-state index contributed by atoms with van der Waals surface area (Å²) in [6.45, 7) is 5.16. The summed E-state index contributed by atoms with van der Waals surface area (Å²) in [5.74, 6) is 1.46. The Labute approximate surface area is 163 Å². The number of aromatic nitrogens is 2. The minimum absolute atomic E-state index is 0.195. The summed E-state index contributed by atoms with van der Waals surface area (Å²) in [6.07, 6.45) is 1.49. The number of rotatable bonds is 5. The van der Waals surface area contributed by atoms with E-state index >= 15 is 0 Å². The topological polar surface area (TPSA) is 62.6 Å². The lowest BCUT2D eigenvalue weighted by molar-refractivity contribution is 0.143. The first-order valence-electron chi connectivity index (χ1n) is 9.16. The van der Waals surface area contributed by atoms with E-state index in [1.165, 1.54) is 17.2 Å². The average Bonchev–Trinajstić information content (AvgIpc) is 3.10. The van der Waals surface area contributed by atoms with Gasteiger partial charge in [-0.05, 0) is 42.7 Å². The third-order valence-electron chi connectivity index (χ3n) is 5.02. The monoisotopic (exact) mass is 378 g/mol. The van der Waals surface area contributed by atoms with Gasteiger partial charge in [0.15, 0.2) is 6.10 Å². The highest BCUT2D eigenvalue weighted by molar-refractivity contribution is 5.75. The quantitative estimate of drug-likeness (QED) is 0.681. The van der Waals surface area contributed by atoms with Crippen LogP contribution in [0.4, 0.5) is 0 Å². The van der Waals surface area contributed by atoms with Crippen molar-refractivity contribution in [2.45, 2.75) is 26.5 Å². The van der Waals surface area contributed by atoms with Crippen LogP contribution in [0.25, 0.3) is 11.1 Å². The molecule has 0 fully saturated rings. The predicted molar refractivity (Wildman–Crippen MR) is 106 cm³/mol. The van der Waals surface area contributed by atoms with Crippen LogP contribution in [-0.2, 0) is 6.54 Å². The van der Waals surface area contributed by atoms with E-state index in [4.69, 9.17) is 14.2 Å². The fourth-order valence-electron chi connectivity index (χ4n) is 3.35. The summed E-state index contributed by atoms with van der Waals surface area (Å²) in [5, 5.41) is 0. The summed E-state index contributed by atoms with van der Waals surface area (Å²) in [7, 11) is 1.66. The molecule has 6 heteroatoms. The molecule has 3 aromatic rings. The van der Waals surface area contributed by atoms with Gasteiger partial charge in [0.2, 0.25) is 0 Å². The summed E-state index contributed by atoms with van der Waals surface area (Å²) in [4.78, 5) is 15.2. The van der Waals surface area contributed by atoms with Crippen molar-refractivity contribution in [1.82, 2.24) is 9.55 Å². The molecule has 0 spiro atoms. The molecule has 0 N–H and O–H groups in total.